The molecule has 0 aliphatic carbocycles. The van der Waals surface area contributed by atoms with Crippen LogP contribution in [0, 0.1) is 0 Å². The largest absolute Gasteiger partial charge is 0.513 e. The minimum atomic E-state index is -0.826. The molecule has 7 heteroatoms. The molecule has 0 spiro atoms. The lowest BCUT2D eigenvalue weighted by Crippen LogP contribution is -2.44. The summed E-state index contributed by atoms with van der Waals surface area (Å²) < 4.78 is 9.35. The molecule has 1 amide bonds. The Bertz CT molecular complexity index is 840. The molecular formula is C19H19ClN2O4. The van der Waals surface area contributed by atoms with E-state index in [1.54, 1.807) is 17.0 Å². The molecular weight excluding hydrogens is 356 g/mol. The highest BCUT2D eigenvalue weighted by atomic mass is 35.5. The average Bonchev–Trinajstić information content (AvgIpc) is 3.07. The van der Waals surface area contributed by atoms with Crippen LogP contribution >= 0.6 is 11.6 Å². The number of nitrogens with two attached hydrogens (primary N) is 1. The van der Waals surface area contributed by atoms with Crippen molar-refractivity contribution >= 4 is 29.4 Å². The van der Waals surface area contributed by atoms with Crippen LogP contribution in [0.15, 0.2) is 42.5 Å². The molecule has 0 radical (unpaired) electrons. The number of para-hydroxylation sites is 1. The van der Waals surface area contributed by atoms with Gasteiger partial charge in [-0.2, -0.15) is 0 Å². The molecule has 0 saturated carbocycles. The smallest absolute Gasteiger partial charge is 0.437 e. The number of amides is 1. The molecule has 26 heavy (non-hydrogen) atoms. The highest BCUT2D eigenvalue weighted by Gasteiger charge is 2.28. The first-order valence-electron chi connectivity index (χ1n) is 8.18. The molecule has 1 aliphatic rings. The van der Waals surface area contributed by atoms with E-state index in [0.717, 1.165) is 17.7 Å². The molecule has 2 aromatic rings. The normalized spacial score (nSPS) is 13.9. The molecule has 1 aliphatic heterocycles. The number of carbonyl (C=O) groups excluding carboxylic acids is 2. The zero-order chi connectivity index (χ0) is 18.7. The minimum absolute atomic E-state index is 0.138. The Morgan fingerprint density at radius 1 is 1.27 bits per heavy atom. The number of halogens is 1. The van der Waals surface area contributed by atoms with E-state index in [1.165, 1.54) is 13.2 Å². The highest BCUT2D eigenvalue weighted by molar-refractivity contribution is 6.31. The van der Waals surface area contributed by atoms with Crippen LogP contribution in [-0.4, -0.2) is 31.8 Å². The van der Waals surface area contributed by atoms with Crippen LogP contribution in [0.5, 0.6) is 5.75 Å². The molecule has 1 heterocycles. The number of methoxy groups -OCH3 is 1. The molecule has 2 N–H and O–H groups in total. The minimum Gasteiger partial charge on any atom is -0.437 e. The topological polar surface area (TPSA) is 81.9 Å². The fraction of sp³-hybridized carbons (Fsp3) is 0.263. The highest BCUT2D eigenvalue weighted by Crippen LogP contribution is 2.29. The summed E-state index contributed by atoms with van der Waals surface area (Å²) in [6.45, 7) is 0.630. The molecule has 2 aromatic carbocycles. The summed E-state index contributed by atoms with van der Waals surface area (Å²) in [6.07, 6.45) is 0.289. The number of hydrogen-bond donors (Lipinski definition) is 1. The maximum atomic E-state index is 12.7. The number of benzene rings is 2. The predicted molar refractivity (Wildman–Crippen MR) is 98.7 cm³/mol. The number of nitrogens with zero attached hydrogens (tertiary/aromatic N) is 1. The Morgan fingerprint density at radius 2 is 2.04 bits per heavy atom. The standard InChI is InChI=1S/C19H19ClN2O4/c1-25-19(24)26-14-7-6-13(15(20)11-14)10-16(21)18(23)22-9-8-12-4-2-3-5-17(12)22/h2-7,11,16H,8-10,21H2,1H3/t16-/m1/s1. The van der Waals surface area contributed by atoms with Gasteiger partial charge in [-0.3, -0.25) is 4.79 Å². The number of rotatable bonds is 4. The van der Waals surface area contributed by atoms with Gasteiger partial charge in [0.05, 0.1) is 13.2 Å². The Hall–Kier alpha value is -2.57. The van der Waals surface area contributed by atoms with Gasteiger partial charge >= 0.3 is 6.16 Å². The van der Waals surface area contributed by atoms with Crippen LogP contribution in [0.25, 0.3) is 0 Å². The number of hydrogen-bond acceptors (Lipinski definition) is 5. The maximum Gasteiger partial charge on any atom is 0.513 e. The van der Waals surface area contributed by atoms with E-state index in [4.69, 9.17) is 22.1 Å². The van der Waals surface area contributed by atoms with Crippen molar-refractivity contribution in [3.63, 3.8) is 0 Å². The van der Waals surface area contributed by atoms with Gasteiger partial charge in [0.25, 0.3) is 0 Å². The van der Waals surface area contributed by atoms with Gasteiger partial charge in [0.2, 0.25) is 5.91 Å². The van der Waals surface area contributed by atoms with Crippen molar-refractivity contribution in [2.75, 3.05) is 18.6 Å². The van der Waals surface area contributed by atoms with Crippen molar-refractivity contribution in [2.45, 2.75) is 18.9 Å². The second-order valence-electron chi connectivity index (χ2n) is 5.99. The summed E-state index contributed by atoms with van der Waals surface area (Å²) in [5, 5.41) is 0.372. The Balaban J connectivity index is 1.69. The summed E-state index contributed by atoms with van der Waals surface area (Å²) >= 11 is 6.23. The van der Waals surface area contributed by atoms with E-state index in [2.05, 4.69) is 4.74 Å². The average molecular weight is 375 g/mol. The lowest BCUT2D eigenvalue weighted by atomic mass is 10.0. The number of anilines is 1. The van der Waals surface area contributed by atoms with Gasteiger partial charge in [0, 0.05) is 17.3 Å². The zero-order valence-corrected chi connectivity index (χ0v) is 15.0. The SMILES string of the molecule is COC(=O)Oc1ccc(C[C@@H](N)C(=O)N2CCc3ccccc32)c(Cl)c1. The number of ether oxygens (including phenoxy) is 2. The first-order valence-corrected chi connectivity index (χ1v) is 8.56. The molecule has 0 aromatic heterocycles. The van der Waals surface area contributed by atoms with Gasteiger partial charge in [-0.25, -0.2) is 4.79 Å². The summed E-state index contributed by atoms with van der Waals surface area (Å²) in [7, 11) is 1.22. The Labute approximate surface area is 156 Å². The van der Waals surface area contributed by atoms with E-state index in [-0.39, 0.29) is 18.1 Å². The third-order valence-electron chi connectivity index (χ3n) is 4.30. The van der Waals surface area contributed by atoms with Crippen LogP contribution in [0.1, 0.15) is 11.1 Å². The van der Waals surface area contributed by atoms with Crippen LogP contribution in [-0.2, 0) is 22.4 Å². The quantitative estimate of drug-likeness (QED) is 0.657. The van der Waals surface area contributed by atoms with E-state index < -0.39 is 12.2 Å². The number of carbonyl (C=O) groups is 2. The molecule has 0 saturated heterocycles. The van der Waals surface area contributed by atoms with Crippen LogP contribution in [0.2, 0.25) is 5.02 Å². The molecule has 136 valence electrons. The van der Waals surface area contributed by atoms with Crippen molar-refractivity contribution in [1.29, 1.82) is 0 Å². The summed E-state index contributed by atoms with van der Waals surface area (Å²) in [6, 6.07) is 11.9. The van der Waals surface area contributed by atoms with Crippen molar-refractivity contribution < 1.29 is 19.1 Å². The van der Waals surface area contributed by atoms with E-state index >= 15 is 0 Å². The Morgan fingerprint density at radius 3 is 2.77 bits per heavy atom. The van der Waals surface area contributed by atoms with Crippen LogP contribution in [0.4, 0.5) is 10.5 Å². The van der Waals surface area contributed by atoms with Gasteiger partial charge in [0.1, 0.15) is 5.75 Å². The number of fused-ring (bicyclic) bond motifs is 1. The van der Waals surface area contributed by atoms with E-state index in [0.29, 0.717) is 17.1 Å². The van der Waals surface area contributed by atoms with Gasteiger partial charge < -0.3 is 20.1 Å². The molecule has 6 nitrogen and oxygen atoms in total. The van der Waals surface area contributed by atoms with Crippen molar-refractivity contribution in [3.05, 3.63) is 58.6 Å². The third-order valence-corrected chi connectivity index (χ3v) is 4.65. The molecule has 1 atom stereocenters. The Kier molecular flexibility index (Phi) is 5.44. The van der Waals surface area contributed by atoms with Gasteiger partial charge in [-0.1, -0.05) is 35.9 Å². The lowest BCUT2D eigenvalue weighted by Gasteiger charge is -2.22. The third kappa shape index (κ3) is 3.81. The van der Waals surface area contributed by atoms with Crippen molar-refractivity contribution in [2.24, 2.45) is 5.73 Å². The van der Waals surface area contributed by atoms with E-state index in [9.17, 15) is 9.59 Å². The second-order valence-corrected chi connectivity index (χ2v) is 6.40. The first-order chi connectivity index (χ1) is 12.5. The summed E-state index contributed by atoms with van der Waals surface area (Å²) in [5.74, 6) is 0.125. The lowest BCUT2D eigenvalue weighted by molar-refractivity contribution is -0.119. The maximum absolute atomic E-state index is 12.7. The monoisotopic (exact) mass is 374 g/mol. The van der Waals surface area contributed by atoms with Gasteiger partial charge in [-0.15, -0.1) is 0 Å². The summed E-state index contributed by atoms with van der Waals surface area (Å²) in [5.41, 5.74) is 8.91. The van der Waals surface area contributed by atoms with Crippen molar-refractivity contribution in [3.8, 4) is 5.75 Å². The fourth-order valence-corrected chi connectivity index (χ4v) is 3.23. The molecule has 0 unspecified atom stereocenters. The van der Waals surface area contributed by atoms with E-state index in [1.807, 2.05) is 24.3 Å². The molecule has 0 bridgehead atoms. The predicted octanol–water partition coefficient (Wildman–Crippen LogP) is 2.94. The van der Waals surface area contributed by atoms with Gasteiger partial charge in [-0.05, 0) is 42.2 Å². The summed E-state index contributed by atoms with van der Waals surface area (Å²) in [4.78, 5) is 25.6. The first kappa shape index (κ1) is 18.2. The zero-order valence-electron chi connectivity index (χ0n) is 14.3. The van der Waals surface area contributed by atoms with Gasteiger partial charge in [0.15, 0.2) is 0 Å². The molecule has 0 fully saturated rings. The molecule has 3 rings (SSSR count). The van der Waals surface area contributed by atoms with Crippen molar-refractivity contribution in [1.82, 2.24) is 0 Å². The van der Waals surface area contributed by atoms with Crippen LogP contribution in [0.3, 0.4) is 0 Å². The second kappa shape index (κ2) is 7.76. The fourth-order valence-electron chi connectivity index (χ4n) is 2.99. The van der Waals surface area contributed by atoms with Crippen LogP contribution < -0.4 is 15.4 Å².